The Bertz CT molecular complexity index is 766. The van der Waals surface area contributed by atoms with Gasteiger partial charge < -0.3 is 10.4 Å². The van der Waals surface area contributed by atoms with E-state index in [1.807, 2.05) is 0 Å². The molecule has 0 saturated heterocycles. The largest absolute Gasteiger partial charge is 0.478 e. The summed E-state index contributed by atoms with van der Waals surface area (Å²) in [6, 6.07) is 5.03. The van der Waals surface area contributed by atoms with Crippen LogP contribution in [-0.2, 0) is 0 Å². The number of nitrogens with zero attached hydrogens (tertiary/aromatic N) is 1. The molecular weight excluding hydrogens is 552 g/mol. The first kappa shape index (κ1) is 17.6. The average Bonchev–Trinajstić information content (AvgIpc) is 2.49. The Balaban J connectivity index is 2.59. The van der Waals surface area contributed by atoms with Crippen LogP contribution in [0.5, 0.6) is 0 Å². The molecule has 0 aliphatic heterocycles. The summed E-state index contributed by atoms with van der Waals surface area (Å²) in [4.78, 5) is 28.0. The number of carboxylic acid groups (broad SMARTS) is 1. The van der Waals surface area contributed by atoms with Gasteiger partial charge in [0.2, 0.25) is 0 Å². The van der Waals surface area contributed by atoms with Crippen molar-refractivity contribution in [2.24, 2.45) is 0 Å². The zero-order chi connectivity index (χ0) is 16.4. The van der Waals surface area contributed by atoms with E-state index in [9.17, 15) is 14.7 Å². The van der Waals surface area contributed by atoms with E-state index in [2.05, 4.69) is 74.0 Å². The first-order valence-corrected chi connectivity index (χ1v) is 8.83. The molecule has 114 valence electrons. The second-order valence-corrected chi connectivity index (χ2v) is 7.15. The Kier molecular flexibility index (Phi) is 5.76. The molecule has 0 spiro atoms. The Morgan fingerprint density at radius 3 is 2.05 bits per heavy atom. The van der Waals surface area contributed by atoms with Crippen LogP contribution in [-0.4, -0.2) is 22.0 Å². The summed E-state index contributed by atoms with van der Waals surface area (Å²) < 4.78 is 1.61. The lowest BCUT2D eigenvalue weighted by Gasteiger charge is -2.14. The van der Waals surface area contributed by atoms with E-state index in [0.29, 0.717) is 19.2 Å². The Morgan fingerprint density at radius 1 is 0.955 bits per heavy atom. The molecule has 1 amide bonds. The molecule has 0 aliphatic rings. The van der Waals surface area contributed by atoms with Crippen LogP contribution in [0, 0.1) is 0 Å². The lowest BCUT2D eigenvalue weighted by Crippen LogP contribution is -2.19. The molecule has 2 aromatic rings. The topological polar surface area (TPSA) is 79.3 Å². The summed E-state index contributed by atoms with van der Waals surface area (Å²) in [6.07, 6.45) is 1.52. The van der Waals surface area contributed by atoms with E-state index in [4.69, 9.17) is 0 Å². The van der Waals surface area contributed by atoms with E-state index in [0.717, 1.165) is 0 Å². The SMILES string of the molecule is O=C(O)c1c(Br)c(Br)c(Br)c(Br)c1C(=O)Nc1ccccn1. The van der Waals surface area contributed by atoms with Gasteiger partial charge in [-0.3, -0.25) is 4.79 Å². The van der Waals surface area contributed by atoms with Gasteiger partial charge >= 0.3 is 5.97 Å². The van der Waals surface area contributed by atoms with E-state index in [-0.39, 0.29) is 15.6 Å². The monoisotopic (exact) mass is 554 g/mol. The van der Waals surface area contributed by atoms with Crippen molar-refractivity contribution in [1.29, 1.82) is 0 Å². The average molecular weight is 558 g/mol. The van der Waals surface area contributed by atoms with Crippen molar-refractivity contribution in [3.8, 4) is 0 Å². The first-order chi connectivity index (χ1) is 10.3. The standard InChI is InChI=1S/C13H6Br4N2O3/c14-8-6(12(20)19-5-3-1-2-4-18-5)7(13(21)22)9(15)11(17)10(8)16/h1-4H,(H,21,22)(H,18,19,20). The number of aromatic carboxylic acids is 1. The zero-order valence-electron chi connectivity index (χ0n) is 10.5. The minimum absolute atomic E-state index is 0.0138. The molecule has 1 heterocycles. The molecule has 5 nitrogen and oxygen atoms in total. The van der Waals surface area contributed by atoms with E-state index < -0.39 is 11.9 Å². The van der Waals surface area contributed by atoms with Crippen molar-refractivity contribution in [2.75, 3.05) is 5.32 Å². The van der Waals surface area contributed by atoms with Crippen molar-refractivity contribution < 1.29 is 14.7 Å². The lowest BCUT2D eigenvalue weighted by molar-refractivity contribution is 0.0691. The second-order valence-electron chi connectivity index (χ2n) is 3.98. The van der Waals surface area contributed by atoms with Crippen LogP contribution >= 0.6 is 63.7 Å². The van der Waals surface area contributed by atoms with Gasteiger partial charge in [-0.15, -0.1) is 0 Å². The number of carbonyl (C=O) groups is 2. The lowest BCUT2D eigenvalue weighted by atomic mass is 10.1. The predicted octanol–water partition coefficient (Wildman–Crippen LogP) is 5.08. The van der Waals surface area contributed by atoms with Crippen LogP contribution in [0.3, 0.4) is 0 Å². The van der Waals surface area contributed by atoms with Crippen LogP contribution in [0.2, 0.25) is 0 Å². The fourth-order valence-electron chi connectivity index (χ4n) is 1.66. The van der Waals surface area contributed by atoms with Gasteiger partial charge in [-0.25, -0.2) is 9.78 Å². The van der Waals surface area contributed by atoms with Crippen molar-refractivity contribution in [3.05, 3.63) is 53.4 Å². The number of amides is 1. The number of nitrogens with one attached hydrogen (secondary N) is 1. The first-order valence-electron chi connectivity index (χ1n) is 5.66. The summed E-state index contributed by atoms with van der Waals surface area (Å²) in [7, 11) is 0. The van der Waals surface area contributed by atoms with Gasteiger partial charge in [-0.2, -0.15) is 0 Å². The smallest absolute Gasteiger partial charge is 0.337 e. The fourth-order valence-corrected chi connectivity index (χ4v) is 4.13. The minimum atomic E-state index is -1.23. The summed E-state index contributed by atoms with van der Waals surface area (Å²) in [6.45, 7) is 0. The quantitative estimate of drug-likeness (QED) is 0.407. The summed E-state index contributed by atoms with van der Waals surface area (Å²) in [5, 5.41) is 12.0. The van der Waals surface area contributed by atoms with Gasteiger partial charge in [0.05, 0.1) is 11.1 Å². The second kappa shape index (κ2) is 7.20. The van der Waals surface area contributed by atoms with Gasteiger partial charge in [0, 0.05) is 24.1 Å². The minimum Gasteiger partial charge on any atom is -0.478 e. The number of carboxylic acids is 1. The number of benzene rings is 1. The highest BCUT2D eigenvalue weighted by Gasteiger charge is 2.27. The number of pyridine rings is 1. The molecule has 1 aromatic carbocycles. The predicted molar refractivity (Wildman–Crippen MR) is 96.4 cm³/mol. The third-order valence-electron chi connectivity index (χ3n) is 2.61. The molecule has 0 unspecified atom stereocenters. The Morgan fingerprint density at radius 2 is 1.55 bits per heavy atom. The van der Waals surface area contributed by atoms with Crippen LogP contribution in [0.1, 0.15) is 20.7 Å². The van der Waals surface area contributed by atoms with Gasteiger partial charge in [0.15, 0.2) is 0 Å². The summed E-state index contributed by atoms with van der Waals surface area (Å²) in [5.41, 5.74) is -0.171. The molecule has 0 radical (unpaired) electrons. The molecule has 0 fully saturated rings. The highest BCUT2D eigenvalue weighted by Crippen LogP contribution is 2.42. The number of halogens is 4. The normalized spacial score (nSPS) is 10.4. The maximum atomic E-state index is 12.5. The molecule has 22 heavy (non-hydrogen) atoms. The number of carbonyl (C=O) groups excluding carboxylic acids is 1. The maximum absolute atomic E-state index is 12.5. The number of rotatable bonds is 3. The van der Waals surface area contributed by atoms with Crippen molar-refractivity contribution in [1.82, 2.24) is 4.98 Å². The zero-order valence-corrected chi connectivity index (χ0v) is 16.9. The highest BCUT2D eigenvalue weighted by molar-refractivity contribution is 9.15. The van der Waals surface area contributed by atoms with Crippen LogP contribution in [0.25, 0.3) is 0 Å². The number of hydrogen-bond donors (Lipinski definition) is 2. The van der Waals surface area contributed by atoms with E-state index >= 15 is 0 Å². The summed E-state index contributed by atoms with van der Waals surface area (Å²) >= 11 is 13.0. The highest BCUT2D eigenvalue weighted by atomic mass is 79.9. The van der Waals surface area contributed by atoms with Crippen LogP contribution in [0.15, 0.2) is 42.3 Å². The molecule has 1 aromatic heterocycles. The molecule has 0 saturated carbocycles. The van der Waals surface area contributed by atoms with Crippen molar-refractivity contribution in [2.45, 2.75) is 0 Å². The fraction of sp³-hybridized carbons (Fsp3) is 0. The molecule has 2 rings (SSSR count). The molecule has 9 heteroatoms. The molecule has 0 bridgehead atoms. The van der Waals surface area contributed by atoms with Gasteiger partial charge in [0.1, 0.15) is 5.82 Å². The molecule has 0 aliphatic carbocycles. The van der Waals surface area contributed by atoms with Gasteiger partial charge in [-0.1, -0.05) is 6.07 Å². The Hall–Kier alpha value is -0.770. The van der Waals surface area contributed by atoms with Gasteiger partial charge in [0.25, 0.3) is 5.91 Å². The van der Waals surface area contributed by atoms with E-state index in [1.54, 1.807) is 18.2 Å². The van der Waals surface area contributed by atoms with Crippen molar-refractivity contribution in [3.63, 3.8) is 0 Å². The number of hydrogen-bond acceptors (Lipinski definition) is 3. The maximum Gasteiger partial charge on any atom is 0.337 e. The van der Waals surface area contributed by atoms with Gasteiger partial charge in [-0.05, 0) is 75.9 Å². The molecule has 2 N–H and O–H groups in total. The third kappa shape index (κ3) is 3.42. The third-order valence-corrected chi connectivity index (χ3v) is 7.38. The van der Waals surface area contributed by atoms with E-state index in [1.165, 1.54) is 6.20 Å². The number of aromatic nitrogens is 1. The van der Waals surface area contributed by atoms with Crippen LogP contribution in [0.4, 0.5) is 5.82 Å². The Labute approximate surface area is 159 Å². The summed E-state index contributed by atoms with van der Waals surface area (Å²) in [5.74, 6) is -1.49. The molecule has 0 atom stereocenters. The van der Waals surface area contributed by atoms with Crippen LogP contribution < -0.4 is 5.32 Å². The molecular formula is C13H6Br4N2O3. The number of anilines is 1. The van der Waals surface area contributed by atoms with Crippen molar-refractivity contribution >= 4 is 81.4 Å².